The average Bonchev–Trinajstić information content (AvgIpc) is 2.82. The smallest absolute Gasteiger partial charge is 0.417 e. The summed E-state index contributed by atoms with van der Waals surface area (Å²) in [4.78, 5) is 22.4. The zero-order chi connectivity index (χ0) is 25.0. The molecule has 0 atom stereocenters. The van der Waals surface area contributed by atoms with Gasteiger partial charge in [-0.25, -0.2) is 9.78 Å². The molecule has 0 bridgehead atoms. The van der Waals surface area contributed by atoms with Crippen molar-refractivity contribution in [3.63, 3.8) is 0 Å². The highest BCUT2D eigenvalue weighted by atomic mass is 19.4. The van der Waals surface area contributed by atoms with Crippen molar-refractivity contribution in [3.8, 4) is 11.6 Å². The molecule has 0 radical (unpaired) electrons. The number of hydrogen-bond donors (Lipinski definition) is 1. The predicted molar refractivity (Wildman–Crippen MR) is 127 cm³/mol. The minimum absolute atomic E-state index is 0.0843. The fourth-order valence-electron chi connectivity index (χ4n) is 3.69. The number of aryl methyl sites for hydroxylation is 2. The van der Waals surface area contributed by atoms with Gasteiger partial charge < -0.3 is 15.0 Å². The van der Waals surface area contributed by atoms with Crippen LogP contribution in [-0.2, 0) is 6.18 Å². The molecule has 0 saturated carbocycles. The van der Waals surface area contributed by atoms with Gasteiger partial charge in [0.05, 0.1) is 17.4 Å². The SMILES string of the molecule is Cc1cc(NC(=O)N2CCC(=Cc3cccc(Oc4ccc(C(F)(F)F)cn4)c3)CC2)cnc1C. The Morgan fingerprint density at radius 1 is 1.06 bits per heavy atom. The van der Waals surface area contributed by atoms with E-state index < -0.39 is 11.7 Å². The van der Waals surface area contributed by atoms with Crippen LogP contribution in [0.15, 0.2) is 60.4 Å². The van der Waals surface area contributed by atoms with Gasteiger partial charge in [-0.3, -0.25) is 4.98 Å². The van der Waals surface area contributed by atoms with Crippen LogP contribution in [0, 0.1) is 13.8 Å². The number of halogens is 3. The lowest BCUT2D eigenvalue weighted by Crippen LogP contribution is -2.39. The number of carbonyl (C=O) groups is 1. The number of rotatable bonds is 4. The number of amides is 2. The third-order valence-corrected chi connectivity index (χ3v) is 5.80. The number of anilines is 1. The summed E-state index contributed by atoms with van der Waals surface area (Å²) in [6.45, 7) is 5.08. The number of nitrogens with zero attached hydrogens (tertiary/aromatic N) is 3. The summed E-state index contributed by atoms with van der Waals surface area (Å²) in [6, 6.07) is 11.2. The number of nitrogens with one attached hydrogen (secondary N) is 1. The fourth-order valence-corrected chi connectivity index (χ4v) is 3.69. The second-order valence-electron chi connectivity index (χ2n) is 8.40. The van der Waals surface area contributed by atoms with Crippen LogP contribution in [0.1, 0.15) is 35.2 Å². The molecule has 35 heavy (non-hydrogen) atoms. The van der Waals surface area contributed by atoms with E-state index in [2.05, 4.69) is 21.4 Å². The summed E-state index contributed by atoms with van der Waals surface area (Å²) in [5.74, 6) is 0.562. The number of benzene rings is 1. The summed E-state index contributed by atoms with van der Waals surface area (Å²) < 4.78 is 43.7. The molecule has 6 nitrogen and oxygen atoms in total. The second kappa shape index (κ2) is 10.2. The second-order valence-corrected chi connectivity index (χ2v) is 8.40. The van der Waals surface area contributed by atoms with Gasteiger partial charge >= 0.3 is 12.2 Å². The van der Waals surface area contributed by atoms with Crippen LogP contribution in [-0.4, -0.2) is 34.0 Å². The van der Waals surface area contributed by atoms with E-state index in [9.17, 15) is 18.0 Å². The predicted octanol–water partition coefficient (Wildman–Crippen LogP) is 6.62. The lowest BCUT2D eigenvalue weighted by molar-refractivity contribution is -0.137. The topological polar surface area (TPSA) is 67.4 Å². The number of piperidine rings is 1. The molecule has 2 amide bonds. The Labute approximate surface area is 201 Å². The van der Waals surface area contributed by atoms with Crippen molar-refractivity contribution in [2.75, 3.05) is 18.4 Å². The molecule has 1 aromatic carbocycles. The summed E-state index contributed by atoms with van der Waals surface area (Å²) in [7, 11) is 0. The molecule has 182 valence electrons. The molecule has 1 fully saturated rings. The van der Waals surface area contributed by atoms with E-state index in [4.69, 9.17) is 4.74 Å². The van der Waals surface area contributed by atoms with Gasteiger partial charge in [-0.15, -0.1) is 0 Å². The van der Waals surface area contributed by atoms with Crippen LogP contribution < -0.4 is 10.1 Å². The average molecular weight is 483 g/mol. The van der Waals surface area contributed by atoms with Gasteiger partial charge in [-0.05, 0) is 62.1 Å². The van der Waals surface area contributed by atoms with Crippen LogP contribution in [0.25, 0.3) is 6.08 Å². The summed E-state index contributed by atoms with van der Waals surface area (Å²) in [5.41, 5.74) is 3.91. The third-order valence-electron chi connectivity index (χ3n) is 5.80. The molecule has 0 spiro atoms. The van der Waals surface area contributed by atoms with E-state index >= 15 is 0 Å². The Kier molecular flexibility index (Phi) is 7.04. The van der Waals surface area contributed by atoms with Crippen LogP contribution in [0.4, 0.5) is 23.7 Å². The molecule has 4 rings (SSSR count). The Balaban J connectivity index is 1.34. The van der Waals surface area contributed by atoms with Gasteiger partial charge in [0, 0.05) is 31.0 Å². The number of urea groups is 1. The van der Waals surface area contributed by atoms with Crippen molar-refractivity contribution < 1.29 is 22.7 Å². The third kappa shape index (κ3) is 6.38. The Morgan fingerprint density at radius 3 is 2.49 bits per heavy atom. The fraction of sp³-hybridized carbons (Fsp3) is 0.269. The molecule has 9 heteroatoms. The summed E-state index contributed by atoms with van der Waals surface area (Å²) >= 11 is 0. The molecule has 3 aromatic rings. The minimum atomic E-state index is -4.44. The van der Waals surface area contributed by atoms with Gasteiger partial charge in [-0.1, -0.05) is 23.8 Å². The Bertz CT molecular complexity index is 1230. The first kappa shape index (κ1) is 24.3. The largest absolute Gasteiger partial charge is 0.439 e. The molecule has 1 N–H and O–H groups in total. The summed E-state index contributed by atoms with van der Waals surface area (Å²) in [5, 5.41) is 2.91. The van der Waals surface area contributed by atoms with Crippen LogP contribution in [0.3, 0.4) is 0 Å². The van der Waals surface area contributed by atoms with Crippen molar-refractivity contribution in [3.05, 3.63) is 82.8 Å². The molecule has 1 aliphatic heterocycles. The van der Waals surface area contributed by atoms with Crippen LogP contribution >= 0.6 is 0 Å². The monoisotopic (exact) mass is 482 g/mol. The number of likely N-dealkylation sites (tertiary alicyclic amines) is 1. The lowest BCUT2D eigenvalue weighted by Gasteiger charge is -2.28. The van der Waals surface area contributed by atoms with Gasteiger partial charge in [0.1, 0.15) is 5.75 Å². The number of alkyl halides is 3. The first-order chi connectivity index (χ1) is 16.7. The van der Waals surface area contributed by atoms with Gasteiger partial charge in [0.25, 0.3) is 0 Å². The van der Waals surface area contributed by atoms with E-state index in [1.165, 1.54) is 11.6 Å². The maximum Gasteiger partial charge on any atom is 0.417 e. The Hall–Kier alpha value is -3.88. The van der Waals surface area contributed by atoms with Crippen molar-refractivity contribution in [2.45, 2.75) is 32.9 Å². The quantitative estimate of drug-likeness (QED) is 0.454. The summed E-state index contributed by atoms with van der Waals surface area (Å²) in [6.07, 6.45) is 1.50. The van der Waals surface area contributed by atoms with E-state index in [0.717, 1.165) is 41.9 Å². The first-order valence-electron chi connectivity index (χ1n) is 11.2. The van der Waals surface area contributed by atoms with Crippen LogP contribution in [0.5, 0.6) is 11.6 Å². The number of hydrogen-bond acceptors (Lipinski definition) is 4. The molecular formula is C26H25F3N4O2. The molecule has 2 aromatic heterocycles. The zero-order valence-electron chi connectivity index (χ0n) is 19.4. The van der Waals surface area contributed by atoms with Crippen molar-refractivity contribution in [2.24, 2.45) is 0 Å². The number of pyridine rings is 2. The van der Waals surface area contributed by atoms with Crippen molar-refractivity contribution in [1.82, 2.24) is 14.9 Å². The maximum absolute atomic E-state index is 12.7. The molecule has 0 aliphatic carbocycles. The highest BCUT2D eigenvalue weighted by Crippen LogP contribution is 2.30. The zero-order valence-corrected chi connectivity index (χ0v) is 19.4. The number of aromatic nitrogens is 2. The van der Waals surface area contributed by atoms with E-state index in [1.54, 1.807) is 23.2 Å². The molecule has 0 unspecified atom stereocenters. The molecule has 1 aliphatic rings. The van der Waals surface area contributed by atoms with Crippen LogP contribution in [0.2, 0.25) is 0 Å². The first-order valence-corrected chi connectivity index (χ1v) is 11.2. The Morgan fingerprint density at radius 2 is 1.83 bits per heavy atom. The lowest BCUT2D eigenvalue weighted by atomic mass is 10.0. The number of ether oxygens (including phenoxy) is 1. The van der Waals surface area contributed by atoms with Crippen molar-refractivity contribution >= 4 is 17.8 Å². The number of carbonyl (C=O) groups excluding carboxylic acids is 1. The van der Waals surface area contributed by atoms with Gasteiger partial charge in [-0.2, -0.15) is 13.2 Å². The standard InChI is InChI=1S/C26H25F3N4O2/c1-17-12-22(16-30-18(17)2)32-25(34)33-10-8-19(9-11-33)13-20-4-3-5-23(14-20)35-24-7-6-21(15-31-24)26(27,28)29/h3-7,12-16H,8-11H2,1-2H3,(H,32,34). The van der Waals surface area contributed by atoms with Crippen molar-refractivity contribution in [1.29, 1.82) is 0 Å². The molecule has 3 heterocycles. The highest BCUT2D eigenvalue weighted by Gasteiger charge is 2.30. The van der Waals surface area contributed by atoms with E-state index in [0.29, 0.717) is 24.5 Å². The maximum atomic E-state index is 12.7. The highest BCUT2D eigenvalue weighted by molar-refractivity contribution is 5.89. The van der Waals surface area contributed by atoms with Gasteiger partial charge in [0.2, 0.25) is 5.88 Å². The van der Waals surface area contributed by atoms with Gasteiger partial charge in [0.15, 0.2) is 0 Å². The molecule has 1 saturated heterocycles. The van der Waals surface area contributed by atoms with E-state index in [1.807, 2.05) is 32.0 Å². The molecular weight excluding hydrogens is 457 g/mol. The minimum Gasteiger partial charge on any atom is -0.439 e. The normalized spacial score (nSPS) is 14.0. The van der Waals surface area contributed by atoms with E-state index in [-0.39, 0.29) is 11.9 Å².